The Hall–Kier alpha value is -2.65. The van der Waals surface area contributed by atoms with Crippen LogP contribution in [0.3, 0.4) is 0 Å². The van der Waals surface area contributed by atoms with Gasteiger partial charge in [0, 0.05) is 19.2 Å². The molecule has 9 heteroatoms. The smallest absolute Gasteiger partial charge is 0.243 e. The van der Waals surface area contributed by atoms with Crippen LogP contribution in [-0.4, -0.2) is 46.4 Å². The molecule has 0 unspecified atom stereocenters. The van der Waals surface area contributed by atoms with Crippen molar-refractivity contribution >= 4 is 15.9 Å². The number of amides is 1. The van der Waals surface area contributed by atoms with Crippen molar-refractivity contribution in [1.29, 1.82) is 0 Å². The van der Waals surface area contributed by atoms with E-state index in [-0.39, 0.29) is 18.0 Å². The second-order valence-corrected chi connectivity index (χ2v) is 7.71. The van der Waals surface area contributed by atoms with Crippen LogP contribution in [0.15, 0.2) is 47.4 Å². The fourth-order valence-corrected chi connectivity index (χ4v) is 3.47. The Morgan fingerprint density at radius 1 is 1.11 bits per heavy atom. The van der Waals surface area contributed by atoms with Gasteiger partial charge in [-0.2, -0.15) is 4.31 Å². The maximum Gasteiger partial charge on any atom is 0.243 e. The highest BCUT2D eigenvalue weighted by atomic mass is 32.2. The first kappa shape index (κ1) is 20.7. The largest absolute Gasteiger partial charge is 0.497 e. The first-order valence-corrected chi connectivity index (χ1v) is 9.41. The zero-order chi connectivity index (χ0) is 20.0. The van der Waals surface area contributed by atoms with Crippen molar-refractivity contribution < 1.29 is 27.1 Å². The van der Waals surface area contributed by atoms with Gasteiger partial charge in [0.2, 0.25) is 15.9 Å². The molecule has 0 fully saturated rings. The Labute approximate surface area is 157 Å². The normalized spacial score (nSPS) is 11.3. The van der Waals surface area contributed by atoms with Crippen LogP contribution in [0.1, 0.15) is 5.56 Å². The minimum Gasteiger partial charge on any atom is -0.497 e. The molecule has 27 heavy (non-hydrogen) atoms. The summed E-state index contributed by atoms with van der Waals surface area (Å²) in [5.74, 6) is 0.147. The molecule has 0 aliphatic carbocycles. The van der Waals surface area contributed by atoms with E-state index in [1.54, 1.807) is 18.2 Å². The summed E-state index contributed by atoms with van der Waals surface area (Å²) >= 11 is 0. The molecule has 0 radical (unpaired) electrons. The van der Waals surface area contributed by atoms with Crippen LogP contribution in [0.2, 0.25) is 0 Å². The van der Waals surface area contributed by atoms with Gasteiger partial charge in [0.05, 0.1) is 25.7 Å². The van der Waals surface area contributed by atoms with Crippen molar-refractivity contribution in [3.8, 4) is 11.5 Å². The summed E-state index contributed by atoms with van der Waals surface area (Å²) in [4.78, 5) is 12.1. The molecule has 0 atom stereocenters. The Bertz CT molecular complexity index is 900. The quantitative estimate of drug-likeness (QED) is 0.735. The Balaban J connectivity index is 2.02. The van der Waals surface area contributed by atoms with E-state index in [0.29, 0.717) is 17.1 Å². The van der Waals surface area contributed by atoms with Crippen molar-refractivity contribution in [3.05, 3.63) is 53.8 Å². The molecule has 7 nitrogen and oxygen atoms in total. The average Bonchev–Trinajstić information content (AvgIpc) is 2.66. The summed E-state index contributed by atoms with van der Waals surface area (Å²) in [6, 6.07) is 9.57. The maximum absolute atomic E-state index is 13.0. The third-order valence-electron chi connectivity index (χ3n) is 3.85. The van der Waals surface area contributed by atoms with Gasteiger partial charge in [-0.3, -0.25) is 4.79 Å². The van der Waals surface area contributed by atoms with E-state index in [1.165, 1.54) is 21.3 Å². The first-order chi connectivity index (χ1) is 12.8. The van der Waals surface area contributed by atoms with Gasteiger partial charge in [0.25, 0.3) is 0 Å². The topological polar surface area (TPSA) is 84.9 Å². The van der Waals surface area contributed by atoms with E-state index in [2.05, 4.69) is 5.32 Å². The van der Waals surface area contributed by atoms with Crippen molar-refractivity contribution in [2.75, 3.05) is 27.8 Å². The highest BCUT2D eigenvalue weighted by Crippen LogP contribution is 2.23. The summed E-state index contributed by atoms with van der Waals surface area (Å²) in [5.41, 5.74) is 0.689. The zero-order valence-corrected chi connectivity index (χ0v) is 16.0. The van der Waals surface area contributed by atoms with Gasteiger partial charge in [0.1, 0.15) is 17.3 Å². The second-order valence-electron chi connectivity index (χ2n) is 5.67. The number of halogens is 1. The molecule has 2 aromatic carbocycles. The number of rotatable bonds is 8. The van der Waals surface area contributed by atoms with Gasteiger partial charge in [-0.15, -0.1) is 0 Å². The lowest BCUT2D eigenvalue weighted by Crippen LogP contribution is -2.38. The summed E-state index contributed by atoms with van der Waals surface area (Å²) in [5, 5.41) is 2.65. The SMILES string of the molecule is COc1ccc(OC)c(CNC(=O)CN(C)S(=O)(=O)c2ccc(F)cc2)c1. The lowest BCUT2D eigenvalue weighted by atomic mass is 10.2. The Morgan fingerprint density at radius 3 is 2.37 bits per heavy atom. The van der Waals surface area contributed by atoms with E-state index >= 15 is 0 Å². The predicted molar refractivity (Wildman–Crippen MR) is 97.6 cm³/mol. The van der Waals surface area contributed by atoms with E-state index in [4.69, 9.17) is 9.47 Å². The minimum atomic E-state index is -3.90. The summed E-state index contributed by atoms with van der Waals surface area (Å²) in [6.07, 6.45) is 0. The molecule has 2 aromatic rings. The van der Waals surface area contributed by atoms with Crippen molar-refractivity contribution in [2.45, 2.75) is 11.4 Å². The highest BCUT2D eigenvalue weighted by Gasteiger charge is 2.23. The molecular weight excluding hydrogens is 375 g/mol. The van der Waals surface area contributed by atoms with Crippen LogP contribution >= 0.6 is 0 Å². The van der Waals surface area contributed by atoms with Gasteiger partial charge in [-0.1, -0.05) is 0 Å². The summed E-state index contributed by atoms with van der Waals surface area (Å²) < 4.78 is 49.1. The molecule has 0 aliphatic heterocycles. The maximum atomic E-state index is 13.0. The van der Waals surface area contributed by atoms with E-state index < -0.39 is 21.7 Å². The third-order valence-corrected chi connectivity index (χ3v) is 5.67. The fourth-order valence-electron chi connectivity index (χ4n) is 2.34. The van der Waals surface area contributed by atoms with Gasteiger partial charge in [0.15, 0.2) is 0 Å². The summed E-state index contributed by atoms with van der Waals surface area (Å²) in [7, 11) is 0.423. The van der Waals surface area contributed by atoms with Crippen LogP contribution in [-0.2, 0) is 21.4 Å². The van der Waals surface area contributed by atoms with Crippen LogP contribution in [0, 0.1) is 5.82 Å². The van der Waals surface area contributed by atoms with Crippen LogP contribution < -0.4 is 14.8 Å². The Kier molecular flexibility index (Phi) is 6.75. The monoisotopic (exact) mass is 396 g/mol. The number of carbonyl (C=O) groups excluding carboxylic acids is 1. The molecule has 0 saturated heterocycles. The standard InChI is InChI=1S/C18H21FN2O5S/c1-21(27(23,24)16-7-4-14(19)5-8-16)12-18(22)20-11-13-10-15(25-2)6-9-17(13)26-3/h4-10H,11-12H2,1-3H3,(H,20,22). The Morgan fingerprint density at radius 2 is 1.78 bits per heavy atom. The number of nitrogens with zero attached hydrogens (tertiary/aromatic N) is 1. The zero-order valence-electron chi connectivity index (χ0n) is 15.2. The van der Waals surface area contributed by atoms with Crippen LogP contribution in [0.5, 0.6) is 11.5 Å². The van der Waals surface area contributed by atoms with Crippen molar-refractivity contribution in [3.63, 3.8) is 0 Å². The molecule has 1 amide bonds. The van der Waals surface area contributed by atoms with Gasteiger partial charge in [-0.25, -0.2) is 12.8 Å². The molecule has 0 heterocycles. The first-order valence-electron chi connectivity index (χ1n) is 7.97. The predicted octanol–water partition coefficient (Wildman–Crippen LogP) is 1.78. The molecule has 0 saturated carbocycles. The molecule has 0 aromatic heterocycles. The number of benzene rings is 2. The number of carbonyl (C=O) groups is 1. The van der Waals surface area contributed by atoms with E-state index in [0.717, 1.165) is 28.6 Å². The summed E-state index contributed by atoms with van der Waals surface area (Å²) in [6.45, 7) is -0.240. The number of ether oxygens (including phenoxy) is 2. The van der Waals surface area contributed by atoms with Crippen LogP contribution in [0.25, 0.3) is 0 Å². The number of methoxy groups -OCH3 is 2. The number of hydrogen-bond donors (Lipinski definition) is 1. The minimum absolute atomic E-state index is 0.0892. The van der Waals surface area contributed by atoms with Gasteiger partial charge in [-0.05, 0) is 42.5 Å². The molecule has 2 rings (SSSR count). The molecule has 0 bridgehead atoms. The number of nitrogens with one attached hydrogen (secondary N) is 1. The van der Waals surface area contributed by atoms with Crippen molar-refractivity contribution in [2.24, 2.45) is 0 Å². The number of hydrogen-bond acceptors (Lipinski definition) is 5. The third kappa shape index (κ3) is 5.18. The van der Waals surface area contributed by atoms with E-state index in [1.807, 2.05) is 0 Å². The average molecular weight is 396 g/mol. The fraction of sp³-hybridized carbons (Fsp3) is 0.278. The molecule has 0 aliphatic rings. The lowest BCUT2D eigenvalue weighted by molar-refractivity contribution is -0.121. The molecule has 146 valence electrons. The lowest BCUT2D eigenvalue weighted by Gasteiger charge is -2.17. The molecule has 0 spiro atoms. The molecule has 1 N–H and O–H groups in total. The van der Waals surface area contributed by atoms with Crippen LogP contribution in [0.4, 0.5) is 4.39 Å². The highest BCUT2D eigenvalue weighted by molar-refractivity contribution is 7.89. The second kappa shape index (κ2) is 8.83. The van der Waals surface area contributed by atoms with E-state index in [9.17, 15) is 17.6 Å². The van der Waals surface area contributed by atoms with Crippen molar-refractivity contribution in [1.82, 2.24) is 9.62 Å². The van der Waals surface area contributed by atoms with Gasteiger partial charge < -0.3 is 14.8 Å². The number of sulfonamides is 1. The molecular formula is C18H21FN2O5S. The van der Waals surface area contributed by atoms with Gasteiger partial charge >= 0.3 is 0 Å². The number of likely N-dealkylation sites (N-methyl/N-ethyl adjacent to an activating group) is 1.